The lowest BCUT2D eigenvalue weighted by Crippen LogP contribution is -2.46. The summed E-state index contributed by atoms with van der Waals surface area (Å²) in [5.74, 6) is -0.759. The number of benzene rings is 2. The average molecular weight is 387 g/mol. The number of piperidine rings is 1. The van der Waals surface area contributed by atoms with Gasteiger partial charge in [0.1, 0.15) is 5.82 Å². The van der Waals surface area contributed by atoms with Crippen LogP contribution >= 0.6 is 11.6 Å². The molecule has 1 aliphatic rings. The second-order valence-corrected chi connectivity index (χ2v) is 6.81. The van der Waals surface area contributed by atoms with Crippen molar-refractivity contribution in [2.45, 2.75) is 18.9 Å². The number of nitrogens with one attached hydrogen (secondary N) is 1. The Bertz CT molecular complexity index is 826. The highest BCUT2D eigenvalue weighted by molar-refractivity contribution is 6.32. The van der Waals surface area contributed by atoms with E-state index in [2.05, 4.69) is 5.32 Å². The van der Waals surface area contributed by atoms with Gasteiger partial charge in [-0.15, -0.1) is 0 Å². The minimum atomic E-state index is -0.464. The Morgan fingerprint density at radius 3 is 2.44 bits per heavy atom. The molecule has 0 aliphatic carbocycles. The molecule has 6 heteroatoms. The molecule has 0 atom stereocenters. The van der Waals surface area contributed by atoms with Crippen LogP contribution in [0.5, 0.6) is 0 Å². The minimum absolute atomic E-state index is 0.0340. The van der Waals surface area contributed by atoms with Gasteiger partial charge in [-0.3, -0.25) is 9.59 Å². The molecule has 1 fully saturated rings. The van der Waals surface area contributed by atoms with Crippen molar-refractivity contribution in [2.75, 3.05) is 13.1 Å². The number of hydrogen-bond acceptors (Lipinski definition) is 2. The van der Waals surface area contributed by atoms with Gasteiger partial charge in [0, 0.05) is 36.3 Å². The largest absolute Gasteiger partial charge is 0.349 e. The molecule has 3 rings (SSSR count). The highest BCUT2D eigenvalue weighted by Gasteiger charge is 2.23. The van der Waals surface area contributed by atoms with Gasteiger partial charge >= 0.3 is 0 Å². The third kappa shape index (κ3) is 4.95. The summed E-state index contributed by atoms with van der Waals surface area (Å²) in [4.78, 5) is 26.2. The van der Waals surface area contributed by atoms with Crippen LogP contribution in [0.25, 0.3) is 6.08 Å². The molecular formula is C21H20ClFN2O2. The third-order valence-corrected chi connectivity index (χ3v) is 4.90. The van der Waals surface area contributed by atoms with E-state index in [0.29, 0.717) is 31.5 Å². The van der Waals surface area contributed by atoms with E-state index in [9.17, 15) is 14.0 Å². The van der Waals surface area contributed by atoms with Gasteiger partial charge in [0.25, 0.3) is 5.91 Å². The van der Waals surface area contributed by atoms with Gasteiger partial charge in [0.05, 0.1) is 5.02 Å². The molecule has 4 nitrogen and oxygen atoms in total. The molecule has 1 N–H and O–H groups in total. The predicted octanol–water partition coefficient (Wildman–Crippen LogP) is 3.91. The van der Waals surface area contributed by atoms with E-state index < -0.39 is 5.82 Å². The summed E-state index contributed by atoms with van der Waals surface area (Å²) in [6, 6.07) is 13.5. The molecule has 2 aromatic rings. The van der Waals surface area contributed by atoms with Crippen LogP contribution < -0.4 is 5.32 Å². The monoisotopic (exact) mass is 386 g/mol. The fraction of sp³-hybridized carbons (Fsp3) is 0.238. The zero-order chi connectivity index (χ0) is 19.2. The lowest BCUT2D eigenvalue weighted by atomic mass is 10.0. The Balaban J connectivity index is 1.52. The fourth-order valence-electron chi connectivity index (χ4n) is 3.03. The number of nitrogens with zero attached hydrogens (tertiary/aromatic N) is 1. The smallest absolute Gasteiger partial charge is 0.251 e. The summed E-state index contributed by atoms with van der Waals surface area (Å²) in [7, 11) is 0. The van der Waals surface area contributed by atoms with Gasteiger partial charge in [-0.25, -0.2) is 4.39 Å². The number of rotatable bonds is 4. The second-order valence-electron chi connectivity index (χ2n) is 6.41. The van der Waals surface area contributed by atoms with Gasteiger partial charge in [0.2, 0.25) is 5.91 Å². The number of hydrogen-bond donors (Lipinski definition) is 1. The highest BCUT2D eigenvalue weighted by Crippen LogP contribution is 2.20. The number of carbonyl (C=O) groups excluding carboxylic acids is 2. The Kier molecular flexibility index (Phi) is 6.24. The normalized spacial score (nSPS) is 15.1. The van der Waals surface area contributed by atoms with Crippen LogP contribution in [0.1, 0.15) is 28.8 Å². The maximum Gasteiger partial charge on any atom is 0.251 e. The first-order valence-corrected chi connectivity index (χ1v) is 9.19. The lowest BCUT2D eigenvalue weighted by Gasteiger charge is -2.31. The number of likely N-dealkylation sites (tertiary alicyclic amines) is 1. The molecule has 1 aliphatic heterocycles. The van der Waals surface area contributed by atoms with Crippen LogP contribution in [0.4, 0.5) is 4.39 Å². The van der Waals surface area contributed by atoms with Gasteiger partial charge in [-0.2, -0.15) is 0 Å². The topological polar surface area (TPSA) is 49.4 Å². The van der Waals surface area contributed by atoms with Crippen molar-refractivity contribution in [3.63, 3.8) is 0 Å². The molecule has 140 valence electrons. The summed E-state index contributed by atoms with van der Waals surface area (Å²) in [5.41, 5.74) is 0.832. The molecule has 2 amide bonds. The average Bonchev–Trinajstić information content (AvgIpc) is 2.68. The van der Waals surface area contributed by atoms with E-state index in [4.69, 9.17) is 11.6 Å². The quantitative estimate of drug-likeness (QED) is 0.810. The molecule has 1 saturated heterocycles. The van der Waals surface area contributed by atoms with E-state index in [1.165, 1.54) is 24.3 Å². The van der Waals surface area contributed by atoms with Crippen LogP contribution in [-0.4, -0.2) is 35.8 Å². The molecule has 0 radical (unpaired) electrons. The van der Waals surface area contributed by atoms with Crippen LogP contribution in [0.3, 0.4) is 0 Å². The molecule has 2 aromatic carbocycles. The first kappa shape index (κ1) is 19.1. The summed E-state index contributed by atoms with van der Waals surface area (Å²) in [6.45, 7) is 1.07. The molecule has 0 aromatic heterocycles. The van der Waals surface area contributed by atoms with E-state index in [1.54, 1.807) is 23.1 Å². The molecule has 0 spiro atoms. The molecule has 0 bridgehead atoms. The Labute approximate surface area is 162 Å². The van der Waals surface area contributed by atoms with E-state index in [-0.39, 0.29) is 28.4 Å². The van der Waals surface area contributed by atoms with Crippen molar-refractivity contribution in [3.05, 3.63) is 76.6 Å². The lowest BCUT2D eigenvalue weighted by molar-refractivity contribution is -0.126. The minimum Gasteiger partial charge on any atom is -0.349 e. The van der Waals surface area contributed by atoms with E-state index in [0.717, 1.165) is 0 Å². The fourth-order valence-corrected chi connectivity index (χ4v) is 3.26. The van der Waals surface area contributed by atoms with Gasteiger partial charge < -0.3 is 10.2 Å². The molecule has 27 heavy (non-hydrogen) atoms. The highest BCUT2D eigenvalue weighted by atomic mass is 35.5. The van der Waals surface area contributed by atoms with Gasteiger partial charge in [0.15, 0.2) is 0 Å². The maximum atomic E-state index is 13.8. The SMILES string of the molecule is O=C(NC1CCN(C(=O)/C=C/c2c(F)cccc2Cl)CC1)c1ccccc1. The van der Waals surface area contributed by atoms with E-state index >= 15 is 0 Å². The third-order valence-electron chi connectivity index (χ3n) is 4.57. The summed E-state index contributed by atoms with van der Waals surface area (Å²) in [6.07, 6.45) is 4.10. The molecule has 1 heterocycles. The summed E-state index contributed by atoms with van der Waals surface area (Å²) >= 11 is 5.96. The summed E-state index contributed by atoms with van der Waals surface area (Å²) < 4.78 is 13.8. The standard InChI is InChI=1S/C21H20ClFN2O2/c22-18-7-4-8-19(23)17(18)9-10-20(26)25-13-11-16(12-14-25)24-21(27)15-5-2-1-3-6-15/h1-10,16H,11-14H2,(H,24,27)/b10-9+. The van der Waals surface area contributed by atoms with E-state index in [1.807, 2.05) is 18.2 Å². The zero-order valence-corrected chi connectivity index (χ0v) is 15.5. The number of carbonyl (C=O) groups is 2. The predicted molar refractivity (Wildman–Crippen MR) is 104 cm³/mol. The molecule has 0 saturated carbocycles. The van der Waals surface area contributed by atoms with Crippen molar-refractivity contribution >= 4 is 29.5 Å². The van der Waals surface area contributed by atoms with Crippen molar-refractivity contribution < 1.29 is 14.0 Å². The van der Waals surface area contributed by atoms with Crippen LogP contribution in [0, 0.1) is 5.82 Å². The first-order chi connectivity index (χ1) is 13.0. The Morgan fingerprint density at radius 1 is 1.07 bits per heavy atom. The molecule has 0 unspecified atom stereocenters. The zero-order valence-electron chi connectivity index (χ0n) is 14.7. The Morgan fingerprint density at radius 2 is 1.78 bits per heavy atom. The maximum absolute atomic E-state index is 13.8. The van der Waals surface area contributed by atoms with Gasteiger partial charge in [-0.1, -0.05) is 35.9 Å². The number of halogens is 2. The summed E-state index contributed by atoms with van der Waals surface area (Å²) in [5, 5.41) is 3.27. The number of amides is 2. The Hall–Kier alpha value is -2.66. The van der Waals surface area contributed by atoms with Crippen molar-refractivity contribution in [1.82, 2.24) is 10.2 Å². The van der Waals surface area contributed by atoms with Crippen molar-refractivity contribution in [2.24, 2.45) is 0 Å². The molecular weight excluding hydrogens is 367 g/mol. The van der Waals surface area contributed by atoms with Crippen LogP contribution in [0.15, 0.2) is 54.6 Å². The van der Waals surface area contributed by atoms with Crippen LogP contribution in [-0.2, 0) is 4.79 Å². The first-order valence-electron chi connectivity index (χ1n) is 8.81. The second kappa shape index (κ2) is 8.82. The van der Waals surface area contributed by atoms with Crippen LogP contribution in [0.2, 0.25) is 5.02 Å². The van der Waals surface area contributed by atoms with Crippen molar-refractivity contribution in [1.29, 1.82) is 0 Å². The van der Waals surface area contributed by atoms with Gasteiger partial charge in [-0.05, 0) is 43.2 Å². The van der Waals surface area contributed by atoms with Crippen molar-refractivity contribution in [3.8, 4) is 0 Å².